The van der Waals surface area contributed by atoms with E-state index in [2.05, 4.69) is 22.0 Å². The summed E-state index contributed by atoms with van der Waals surface area (Å²) in [5.74, 6) is 0. The molecule has 6 nitrogen and oxygen atoms in total. The van der Waals surface area contributed by atoms with E-state index in [1.807, 2.05) is 26.0 Å². The van der Waals surface area contributed by atoms with Crippen LogP contribution in [0.3, 0.4) is 0 Å². The molecule has 1 heterocycles. The summed E-state index contributed by atoms with van der Waals surface area (Å²) < 4.78 is 25.9. The maximum Gasteiger partial charge on any atom is 0.206 e. The number of aliphatic imine (C=N–C) groups is 1. The molecule has 0 spiro atoms. The fraction of sp³-hybridized carbons (Fsp3) is 0.208. The fourth-order valence-electron chi connectivity index (χ4n) is 3.39. The second kappa shape index (κ2) is 9.43. The normalized spacial score (nSPS) is 12.9. The number of rotatable bonds is 8. The van der Waals surface area contributed by atoms with Gasteiger partial charge < -0.3 is 10.1 Å². The van der Waals surface area contributed by atoms with Crippen LogP contribution in [0.5, 0.6) is 0 Å². The summed E-state index contributed by atoms with van der Waals surface area (Å²) in [5.41, 5.74) is 5.08. The molecule has 162 valence electrons. The van der Waals surface area contributed by atoms with Crippen molar-refractivity contribution in [3.05, 3.63) is 88.4 Å². The number of aliphatic hydroxyl groups excluding tert-OH is 1. The molecule has 2 aromatic carbocycles. The first-order valence-electron chi connectivity index (χ1n) is 9.87. The van der Waals surface area contributed by atoms with Crippen molar-refractivity contribution in [3.63, 3.8) is 0 Å². The zero-order valence-corrected chi connectivity index (χ0v) is 18.7. The Kier molecular flexibility index (Phi) is 6.90. The molecular weight excluding hydrogens is 410 g/mol. The molecule has 1 aromatic heterocycles. The van der Waals surface area contributed by atoms with E-state index in [9.17, 15) is 13.5 Å². The Morgan fingerprint density at radius 3 is 2.45 bits per heavy atom. The van der Waals surface area contributed by atoms with Crippen molar-refractivity contribution in [2.45, 2.75) is 43.3 Å². The van der Waals surface area contributed by atoms with E-state index < -0.39 is 16.1 Å². The molecule has 0 radical (unpaired) electrons. The lowest BCUT2D eigenvalue weighted by atomic mass is 10.2. The largest absolute Gasteiger partial charge is 0.373 e. The van der Waals surface area contributed by atoms with Crippen molar-refractivity contribution in [2.24, 2.45) is 4.99 Å². The Labute approximate surface area is 183 Å². The molecule has 0 amide bonds. The number of nitrogens with zero attached hydrogens (tertiary/aromatic N) is 1. The third-order valence-corrected chi connectivity index (χ3v) is 7.00. The van der Waals surface area contributed by atoms with Crippen LogP contribution in [0.25, 0.3) is 6.08 Å². The number of aromatic nitrogens is 1. The van der Waals surface area contributed by atoms with Gasteiger partial charge in [-0.1, -0.05) is 29.8 Å². The van der Waals surface area contributed by atoms with Crippen LogP contribution in [-0.2, 0) is 16.4 Å². The Balaban J connectivity index is 1.69. The van der Waals surface area contributed by atoms with Gasteiger partial charge in [0.15, 0.2) is 0 Å². The number of hydrogen-bond donors (Lipinski definition) is 3. The lowest BCUT2D eigenvalue weighted by molar-refractivity contribution is 0.133. The highest BCUT2D eigenvalue weighted by molar-refractivity contribution is 7.91. The Hall–Kier alpha value is -3.00. The van der Waals surface area contributed by atoms with Gasteiger partial charge in [0.25, 0.3) is 0 Å². The fourth-order valence-corrected chi connectivity index (χ4v) is 4.87. The van der Waals surface area contributed by atoms with Crippen molar-refractivity contribution < 1.29 is 13.5 Å². The Bertz CT molecular complexity index is 1210. The van der Waals surface area contributed by atoms with Gasteiger partial charge in [0.2, 0.25) is 9.84 Å². The summed E-state index contributed by atoms with van der Waals surface area (Å²) in [7, 11) is -3.58. The quantitative estimate of drug-likeness (QED) is 0.363. The summed E-state index contributed by atoms with van der Waals surface area (Å²) in [6.07, 6.45) is 2.47. The van der Waals surface area contributed by atoms with Crippen molar-refractivity contribution in [2.75, 3.05) is 0 Å². The second-order valence-electron chi connectivity index (χ2n) is 7.52. The minimum absolute atomic E-state index is 0.246. The van der Waals surface area contributed by atoms with Crippen molar-refractivity contribution >= 4 is 22.6 Å². The zero-order chi connectivity index (χ0) is 22.6. The number of H-pyrrole nitrogens is 1. The lowest BCUT2D eigenvalue weighted by Gasteiger charge is -2.12. The summed E-state index contributed by atoms with van der Waals surface area (Å²) in [4.78, 5) is 7.39. The highest BCUT2D eigenvalue weighted by Gasteiger charge is 2.20. The average molecular weight is 438 g/mol. The molecule has 0 aliphatic rings. The van der Waals surface area contributed by atoms with E-state index in [1.165, 1.54) is 0 Å². The highest BCUT2D eigenvalue weighted by atomic mass is 32.2. The Morgan fingerprint density at radius 2 is 1.81 bits per heavy atom. The maximum absolute atomic E-state index is 13.0. The molecular formula is C24H27N3O3S. The lowest BCUT2D eigenvalue weighted by Crippen LogP contribution is -2.20. The zero-order valence-electron chi connectivity index (χ0n) is 17.9. The first kappa shape index (κ1) is 22.7. The standard InChI is InChI=1S/C24H27N3O3S/c1-16-5-10-23(18(3)13-16)31(29,30)20-8-6-19(7-9-20)15-26-24(28)22-14-17(2)21(27-22)11-12-25-4/h5-14,24,26-28H,4,15H2,1-3H3/b12-11-. The summed E-state index contributed by atoms with van der Waals surface area (Å²) in [6, 6.07) is 13.9. The second-order valence-corrected chi connectivity index (χ2v) is 9.44. The number of sulfone groups is 1. The van der Waals surface area contributed by atoms with Crippen LogP contribution in [0, 0.1) is 20.8 Å². The minimum atomic E-state index is -3.58. The maximum atomic E-state index is 13.0. The van der Waals surface area contributed by atoms with E-state index in [4.69, 9.17) is 0 Å². The third-order valence-electron chi connectivity index (χ3n) is 5.07. The smallest absolute Gasteiger partial charge is 0.206 e. The summed E-state index contributed by atoms with van der Waals surface area (Å²) in [5, 5.41) is 13.5. The number of hydrogen-bond acceptors (Lipinski definition) is 5. The van der Waals surface area contributed by atoms with Gasteiger partial charge in [-0.3, -0.25) is 10.3 Å². The third kappa shape index (κ3) is 5.19. The number of aromatic amines is 1. The number of aryl methyl sites for hydroxylation is 3. The average Bonchev–Trinajstić information content (AvgIpc) is 3.11. The SMILES string of the molecule is C=N/C=C\c1[nH]c(C(O)NCc2ccc(S(=O)(=O)c3ccc(C)cc3C)cc2)cc1C. The van der Waals surface area contributed by atoms with E-state index in [-0.39, 0.29) is 4.90 Å². The van der Waals surface area contributed by atoms with Gasteiger partial charge in [0.1, 0.15) is 6.23 Å². The number of aliphatic hydroxyl groups is 1. The molecule has 1 unspecified atom stereocenters. The van der Waals surface area contributed by atoms with Gasteiger partial charge in [-0.15, -0.1) is 0 Å². The Morgan fingerprint density at radius 1 is 1.10 bits per heavy atom. The predicted molar refractivity (Wildman–Crippen MR) is 124 cm³/mol. The van der Waals surface area contributed by atoms with Crippen LogP contribution in [0.4, 0.5) is 0 Å². The van der Waals surface area contributed by atoms with Gasteiger partial charge in [0, 0.05) is 18.4 Å². The molecule has 3 rings (SSSR count). The molecule has 0 aliphatic heterocycles. The molecule has 1 atom stereocenters. The highest BCUT2D eigenvalue weighted by Crippen LogP contribution is 2.25. The molecule has 3 N–H and O–H groups in total. The van der Waals surface area contributed by atoms with Gasteiger partial charge in [-0.25, -0.2) is 8.42 Å². The molecule has 3 aromatic rings. The molecule has 0 aliphatic carbocycles. The van der Waals surface area contributed by atoms with Crippen molar-refractivity contribution in [3.8, 4) is 0 Å². The molecule has 0 saturated carbocycles. The van der Waals surface area contributed by atoms with Crippen LogP contribution in [0.15, 0.2) is 69.5 Å². The number of benzene rings is 2. The van der Waals surface area contributed by atoms with E-state index in [1.54, 1.807) is 55.6 Å². The minimum Gasteiger partial charge on any atom is -0.373 e. The predicted octanol–water partition coefficient (Wildman–Crippen LogP) is 4.22. The van der Waals surface area contributed by atoms with Crippen LogP contribution >= 0.6 is 0 Å². The van der Waals surface area contributed by atoms with Crippen molar-refractivity contribution in [1.29, 1.82) is 0 Å². The molecule has 0 bridgehead atoms. The first-order valence-corrected chi connectivity index (χ1v) is 11.4. The van der Waals surface area contributed by atoms with Crippen LogP contribution < -0.4 is 5.32 Å². The van der Waals surface area contributed by atoms with Gasteiger partial charge in [-0.2, -0.15) is 0 Å². The molecule has 0 fully saturated rings. The first-order chi connectivity index (χ1) is 14.7. The summed E-state index contributed by atoms with van der Waals surface area (Å²) >= 11 is 0. The van der Waals surface area contributed by atoms with Crippen LogP contribution in [-0.4, -0.2) is 25.2 Å². The number of nitrogens with one attached hydrogen (secondary N) is 2. The van der Waals surface area contributed by atoms with Gasteiger partial charge >= 0.3 is 0 Å². The topological polar surface area (TPSA) is 94.5 Å². The molecule has 31 heavy (non-hydrogen) atoms. The van der Waals surface area contributed by atoms with Gasteiger partial charge in [0.05, 0.1) is 15.5 Å². The molecule has 7 heteroatoms. The monoisotopic (exact) mass is 437 g/mol. The van der Waals surface area contributed by atoms with Crippen LogP contribution in [0.1, 0.15) is 39.9 Å². The summed E-state index contributed by atoms with van der Waals surface area (Å²) in [6.45, 7) is 9.46. The van der Waals surface area contributed by atoms with Crippen LogP contribution in [0.2, 0.25) is 0 Å². The van der Waals surface area contributed by atoms with E-state index in [0.29, 0.717) is 17.1 Å². The molecule has 0 saturated heterocycles. The van der Waals surface area contributed by atoms with Gasteiger partial charge in [-0.05, 0) is 74.5 Å². The van der Waals surface area contributed by atoms with Crippen molar-refractivity contribution in [1.82, 2.24) is 10.3 Å². The van der Waals surface area contributed by atoms with E-state index >= 15 is 0 Å². The van der Waals surface area contributed by atoms with E-state index in [0.717, 1.165) is 27.9 Å².